The molecule has 0 radical (unpaired) electrons. The van der Waals surface area contributed by atoms with E-state index in [1.54, 1.807) is 10.7 Å². The van der Waals surface area contributed by atoms with Gasteiger partial charge in [-0.05, 0) is 20.8 Å². The van der Waals surface area contributed by atoms with E-state index in [9.17, 15) is 4.39 Å². The van der Waals surface area contributed by atoms with Crippen molar-refractivity contribution in [3.05, 3.63) is 35.4 Å². The van der Waals surface area contributed by atoms with Crippen LogP contribution in [0.2, 0.25) is 0 Å². The van der Waals surface area contributed by atoms with E-state index >= 15 is 0 Å². The van der Waals surface area contributed by atoms with Crippen molar-refractivity contribution in [2.45, 2.75) is 33.4 Å². The Morgan fingerprint density at radius 1 is 1.43 bits per heavy atom. The van der Waals surface area contributed by atoms with Gasteiger partial charge in [-0.25, -0.2) is 4.39 Å². The van der Waals surface area contributed by atoms with Crippen LogP contribution in [0.3, 0.4) is 0 Å². The molecule has 0 spiro atoms. The molecule has 0 fully saturated rings. The van der Waals surface area contributed by atoms with Gasteiger partial charge in [0.05, 0.1) is 23.2 Å². The number of nitrogens with one attached hydrogen (secondary N) is 1. The fourth-order valence-electron chi connectivity index (χ4n) is 2.08. The average molecular weight is 292 g/mol. The zero-order valence-electron chi connectivity index (χ0n) is 12.8. The molecule has 6 heteroatoms. The van der Waals surface area contributed by atoms with Gasteiger partial charge in [-0.15, -0.1) is 0 Å². The predicted molar refractivity (Wildman–Crippen MR) is 81.8 cm³/mol. The number of nitrogens with two attached hydrogens (primary N) is 1. The number of anilines is 2. The largest absolute Gasteiger partial charge is 0.488 e. The molecule has 5 nitrogen and oxygen atoms in total. The van der Waals surface area contributed by atoms with Crippen LogP contribution in [0.5, 0.6) is 5.75 Å². The molecule has 2 aromatic rings. The van der Waals surface area contributed by atoms with Gasteiger partial charge in [0.25, 0.3) is 0 Å². The maximum absolute atomic E-state index is 13.8. The van der Waals surface area contributed by atoms with E-state index in [-0.39, 0.29) is 11.9 Å². The second-order valence-corrected chi connectivity index (χ2v) is 5.30. The highest BCUT2D eigenvalue weighted by molar-refractivity contribution is 5.68. The van der Waals surface area contributed by atoms with Crippen molar-refractivity contribution in [1.29, 1.82) is 0 Å². The molecular weight excluding hydrogens is 271 g/mol. The highest BCUT2D eigenvalue weighted by Gasteiger charge is 2.11. The Balaban J connectivity index is 2.17. The number of benzene rings is 1. The second kappa shape index (κ2) is 6.03. The molecule has 0 aliphatic carbocycles. The molecule has 0 atom stereocenters. The first-order valence-electron chi connectivity index (χ1n) is 6.85. The number of nitrogens with zero attached hydrogens (tertiary/aromatic N) is 2. The summed E-state index contributed by atoms with van der Waals surface area (Å²) in [4.78, 5) is 0. The molecular formula is C15H21FN4O. The topological polar surface area (TPSA) is 65.1 Å². The first kappa shape index (κ1) is 15.2. The lowest BCUT2D eigenvalue weighted by Gasteiger charge is -2.15. The summed E-state index contributed by atoms with van der Waals surface area (Å²) in [5.74, 6) is -0.256. The monoisotopic (exact) mass is 292 g/mol. The minimum absolute atomic E-state index is 0.100. The summed E-state index contributed by atoms with van der Waals surface area (Å²) in [5, 5.41) is 7.48. The number of rotatable bonds is 5. The fraction of sp³-hybridized carbons (Fsp3) is 0.400. The normalized spacial score (nSPS) is 11.0. The highest BCUT2D eigenvalue weighted by atomic mass is 19.1. The van der Waals surface area contributed by atoms with Gasteiger partial charge in [-0.1, -0.05) is 0 Å². The molecule has 0 aliphatic heterocycles. The Morgan fingerprint density at radius 2 is 2.14 bits per heavy atom. The Morgan fingerprint density at radius 3 is 2.71 bits per heavy atom. The van der Waals surface area contributed by atoms with E-state index in [4.69, 9.17) is 10.5 Å². The zero-order valence-corrected chi connectivity index (χ0v) is 12.8. The summed E-state index contributed by atoms with van der Waals surface area (Å²) < 4.78 is 21.0. The lowest BCUT2D eigenvalue weighted by Crippen LogP contribution is -2.09. The fourth-order valence-corrected chi connectivity index (χ4v) is 2.08. The molecule has 1 aromatic heterocycles. The van der Waals surface area contributed by atoms with E-state index in [1.807, 2.05) is 34.0 Å². The predicted octanol–water partition coefficient (Wildman–Crippen LogP) is 2.85. The van der Waals surface area contributed by atoms with Gasteiger partial charge in [0, 0.05) is 37.5 Å². The van der Waals surface area contributed by atoms with Gasteiger partial charge in [-0.3, -0.25) is 4.68 Å². The Hall–Kier alpha value is -2.24. The van der Waals surface area contributed by atoms with Crippen LogP contribution >= 0.6 is 0 Å². The molecule has 1 heterocycles. The van der Waals surface area contributed by atoms with Crippen molar-refractivity contribution in [2.75, 3.05) is 11.1 Å². The van der Waals surface area contributed by atoms with Gasteiger partial charge >= 0.3 is 0 Å². The third kappa shape index (κ3) is 3.65. The molecule has 0 unspecified atom stereocenters. The van der Waals surface area contributed by atoms with Crippen molar-refractivity contribution in [2.24, 2.45) is 7.05 Å². The van der Waals surface area contributed by atoms with Gasteiger partial charge in [-0.2, -0.15) is 5.10 Å². The van der Waals surface area contributed by atoms with Gasteiger partial charge in [0.1, 0.15) is 0 Å². The Labute approximate surface area is 123 Å². The number of aromatic nitrogens is 2. The highest BCUT2D eigenvalue weighted by Crippen LogP contribution is 2.29. The minimum atomic E-state index is -0.454. The molecule has 3 N–H and O–H groups in total. The van der Waals surface area contributed by atoms with Crippen molar-refractivity contribution in [1.82, 2.24) is 9.78 Å². The van der Waals surface area contributed by atoms with Crippen LogP contribution < -0.4 is 15.8 Å². The third-order valence-corrected chi connectivity index (χ3v) is 3.05. The van der Waals surface area contributed by atoms with Gasteiger partial charge in [0.2, 0.25) is 0 Å². The van der Waals surface area contributed by atoms with Crippen LogP contribution in [-0.4, -0.2) is 15.9 Å². The van der Waals surface area contributed by atoms with E-state index in [0.29, 0.717) is 17.9 Å². The lowest BCUT2D eigenvalue weighted by molar-refractivity contribution is 0.231. The van der Waals surface area contributed by atoms with E-state index in [1.165, 1.54) is 6.07 Å². The second-order valence-electron chi connectivity index (χ2n) is 5.30. The molecule has 0 saturated carbocycles. The molecule has 21 heavy (non-hydrogen) atoms. The third-order valence-electron chi connectivity index (χ3n) is 3.05. The summed E-state index contributed by atoms with van der Waals surface area (Å²) in [7, 11) is 1.87. The molecule has 0 aliphatic rings. The summed E-state index contributed by atoms with van der Waals surface area (Å²) in [6.07, 6.45) is 1.84. The lowest BCUT2D eigenvalue weighted by atomic mass is 10.2. The standard InChI is InChI=1S/C15H21FN4O/c1-9(2)21-15-6-14(13(17)5-12(15)16)18-7-11-8-20(4)19-10(11)3/h5-6,8-9,18H,7,17H2,1-4H3. The molecule has 0 bridgehead atoms. The maximum atomic E-state index is 13.8. The average Bonchev–Trinajstić information content (AvgIpc) is 2.69. The van der Waals surface area contributed by atoms with Crippen molar-refractivity contribution < 1.29 is 9.13 Å². The van der Waals surface area contributed by atoms with Crippen LogP contribution in [-0.2, 0) is 13.6 Å². The number of hydrogen-bond donors (Lipinski definition) is 2. The number of aryl methyl sites for hydroxylation is 2. The van der Waals surface area contributed by atoms with Crippen molar-refractivity contribution in [3.63, 3.8) is 0 Å². The number of ether oxygens (including phenoxy) is 1. The number of hydrogen-bond acceptors (Lipinski definition) is 4. The summed E-state index contributed by atoms with van der Waals surface area (Å²) in [5.41, 5.74) is 8.86. The van der Waals surface area contributed by atoms with Crippen molar-refractivity contribution >= 4 is 11.4 Å². The zero-order chi connectivity index (χ0) is 15.6. The smallest absolute Gasteiger partial charge is 0.167 e. The van der Waals surface area contributed by atoms with Crippen LogP contribution in [0.4, 0.5) is 15.8 Å². The maximum Gasteiger partial charge on any atom is 0.167 e. The summed E-state index contributed by atoms with van der Waals surface area (Å²) in [6.45, 7) is 6.21. The molecule has 114 valence electrons. The first-order chi connectivity index (χ1) is 9.86. The first-order valence-corrected chi connectivity index (χ1v) is 6.85. The minimum Gasteiger partial charge on any atom is -0.488 e. The van der Waals surface area contributed by atoms with Gasteiger partial charge < -0.3 is 15.8 Å². The molecule has 2 rings (SSSR count). The summed E-state index contributed by atoms with van der Waals surface area (Å²) in [6, 6.07) is 2.87. The Kier molecular flexibility index (Phi) is 4.35. The van der Waals surface area contributed by atoms with E-state index < -0.39 is 5.82 Å². The van der Waals surface area contributed by atoms with Crippen LogP contribution in [0.1, 0.15) is 25.1 Å². The summed E-state index contributed by atoms with van der Waals surface area (Å²) >= 11 is 0. The molecule has 1 aromatic carbocycles. The van der Waals surface area contributed by atoms with Crippen LogP contribution in [0.15, 0.2) is 18.3 Å². The van der Waals surface area contributed by atoms with E-state index in [0.717, 1.165) is 11.3 Å². The van der Waals surface area contributed by atoms with Crippen molar-refractivity contribution in [3.8, 4) is 5.75 Å². The van der Waals surface area contributed by atoms with Crippen LogP contribution in [0, 0.1) is 12.7 Å². The van der Waals surface area contributed by atoms with Crippen LogP contribution in [0.25, 0.3) is 0 Å². The molecule has 0 saturated heterocycles. The number of nitrogen functional groups attached to an aromatic ring is 1. The van der Waals surface area contributed by atoms with E-state index in [2.05, 4.69) is 10.4 Å². The molecule has 0 amide bonds. The SMILES string of the molecule is Cc1nn(C)cc1CNc1cc(OC(C)C)c(F)cc1N. The van der Waals surface area contributed by atoms with Gasteiger partial charge in [0.15, 0.2) is 11.6 Å². The Bertz CT molecular complexity index is 637. The number of halogens is 1. The quantitative estimate of drug-likeness (QED) is 0.832.